The third-order valence-corrected chi connectivity index (χ3v) is 8.31. The van der Waals surface area contributed by atoms with Gasteiger partial charge in [0.1, 0.15) is 0 Å². The second-order valence-corrected chi connectivity index (χ2v) is 11.3. The first-order valence-electron chi connectivity index (χ1n) is 11.8. The zero-order valence-corrected chi connectivity index (χ0v) is 22.5. The van der Waals surface area contributed by atoms with Crippen LogP contribution in [0.25, 0.3) is 0 Å². The minimum atomic E-state index is -8.71. The maximum atomic E-state index is 15.3. The number of alkyl halides is 17. The highest BCUT2D eigenvalue weighted by Gasteiger charge is 2.97. The molecule has 0 rings (SSSR count). The van der Waals surface area contributed by atoms with Crippen molar-refractivity contribution in [2.75, 3.05) is 19.8 Å². The highest BCUT2D eigenvalue weighted by molar-refractivity contribution is 6.63. The zero-order valence-electron chi connectivity index (χ0n) is 21.5. The van der Waals surface area contributed by atoms with E-state index in [1.165, 1.54) is 20.8 Å². The summed E-state index contributed by atoms with van der Waals surface area (Å²) in [7, 11) is -6.79. The van der Waals surface area contributed by atoms with E-state index in [2.05, 4.69) is 13.3 Å². The van der Waals surface area contributed by atoms with E-state index in [1.807, 2.05) is 0 Å². The predicted octanol–water partition coefficient (Wildman–Crippen LogP) is 8.92. The van der Waals surface area contributed by atoms with Crippen LogP contribution in [-0.2, 0) is 13.3 Å². The minimum Gasteiger partial charge on any atom is -0.370 e. The van der Waals surface area contributed by atoms with Crippen LogP contribution in [0.2, 0.25) is 0 Å². The van der Waals surface area contributed by atoms with Crippen LogP contribution in [0.1, 0.15) is 59.3 Å². The summed E-state index contributed by atoms with van der Waals surface area (Å²) >= 11 is 0. The molecule has 0 saturated carbocycles. The van der Waals surface area contributed by atoms with Gasteiger partial charge in [0.25, 0.3) is 0 Å². The fourth-order valence-electron chi connectivity index (χ4n) is 2.81. The fraction of sp³-hybridized carbons (Fsp3) is 1.00. The molecule has 0 aliphatic carbocycles. The number of hydrogen-bond donors (Lipinski definition) is 0. The van der Waals surface area contributed by atoms with Crippen molar-refractivity contribution in [3.8, 4) is 0 Å². The lowest BCUT2D eigenvalue weighted by atomic mass is 9.91. The van der Waals surface area contributed by atoms with Crippen molar-refractivity contribution >= 4 is 8.80 Å². The molecule has 0 heterocycles. The van der Waals surface area contributed by atoms with Crippen molar-refractivity contribution in [1.82, 2.24) is 0 Å². The Balaban J connectivity index is 7.20. The smallest absolute Gasteiger partial charge is 0.370 e. The van der Waals surface area contributed by atoms with E-state index in [4.69, 9.17) is 0 Å². The van der Waals surface area contributed by atoms with Crippen LogP contribution in [0.5, 0.6) is 0 Å². The highest BCUT2D eigenvalue weighted by Crippen LogP contribution is 2.64. The molecule has 0 N–H and O–H groups in total. The summed E-state index contributed by atoms with van der Waals surface area (Å²) in [6.45, 7) is 1.01. The normalized spacial score (nSPS) is 15.5. The Hall–Kier alpha value is -1.09. The Labute approximate surface area is 224 Å². The molecule has 0 fully saturated rings. The average molecular weight is 666 g/mol. The molecule has 0 aromatic carbocycles. The lowest BCUT2D eigenvalue weighted by molar-refractivity contribution is -0.459. The standard InChI is InChI=1S/C20H27F17O3Si/c1-4-7-10-38-41(39-11-8-5-2,40-12-9-6-3)20(36,37)18(31,32)16(27,28)14(23,24)13(21,22)15(25,26)17(29,30)19(33,34)35/h4-12H2,1-3H3. The van der Waals surface area contributed by atoms with Crippen molar-refractivity contribution in [1.29, 1.82) is 0 Å². The summed E-state index contributed by atoms with van der Waals surface area (Å²) in [6, 6.07) is 0. The quantitative estimate of drug-likeness (QED) is 0.0783. The van der Waals surface area contributed by atoms with Crippen molar-refractivity contribution in [3.05, 3.63) is 0 Å². The van der Waals surface area contributed by atoms with Gasteiger partial charge < -0.3 is 13.3 Å². The van der Waals surface area contributed by atoms with Crippen LogP contribution < -0.4 is 0 Å². The first kappa shape index (κ1) is 39.9. The second-order valence-electron chi connectivity index (χ2n) is 8.68. The zero-order chi connectivity index (χ0) is 33.0. The van der Waals surface area contributed by atoms with Crippen LogP contribution in [0, 0.1) is 0 Å². The molecule has 0 bridgehead atoms. The molecular formula is C20H27F17O3Si. The van der Waals surface area contributed by atoms with E-state index in [-0.39, 0.29) is 38.5 Å². The van der Waals surface area contributed by atoms with Gasteiger partial charge in [-0.3, -0.25) is 0 Å². The van der Waals surface area contributed by atoms with Gasteiger partial charge in [0.05, 0.1) is 0 Å². The van der Waals surface area contributed by atoms with Gasteiger partial charge in [-0.15, -0.1) is 0 Å². The third-order valence-electron chi connectivity index (χ3n) is 5.48. The highest BCUT2D eigenvalue weighted by atomic mass is 28.4. The van der Waals surface area contributed by atoms with Crippen LogP contribution >= 0.6 is 0 Å². The van der Waals surface area contributed by atoms with Crippen molar-refractivity contribution in [2.45, 2.75) is 107 Å². The van der Waals surface area contributed by atoms with Gasteiger partial charge >= 0.3 is 56.1 Å². The summed E-state index contributed by atoms with van der Waals surface area (Å²) in [5.74, 6) is -50.6. The number of hydrogen-bond acceptors (Lipinski definition) is 3. The van der Waals surface area contributed by atoms with Crippen molar-refractivity contribution in [2.24, 2.45) is 0 Å². The van der Waals surface area contributed by atoms with Crippen molar-refractivity contribution in [3.63, 3.8) is 0 Å². The van der Waals surface area contributed by atoms with E-state index < -0.39 is 75.9 Å². The SMILES string of the molecule is CCCCO[Si](OCCCC)(OCCCC)C(F)(F)C(F)(F)C(F)(F)C(F)(F)C(F)(F)C(F)(F)C(F)(F)C(F)(F)F. The van der Waals surface area contributed by atoms with Gasteiger partial charge in [0, 0.05) is 19.8 Å². The Morgan fingerprint density at radius 3 is 0.878 bits per heavy atom. The maximum Gasteiger partial charge on any atom is 0.582 e. The maximum absolute atomic E-state index is 15.3. The molecule has 0 aromatic heterocycles. The van der Waals surface area contributed by atoms with E-state index in [1.54, 1.807) is 0 Å². The van der Waals surface area contributed by atoms with Gasteiger partial charge in [-0.2, -0.15) is 74.6 Å². The third kappa shape index (κ3) is 6.70. The lowest BCUT2D eigenvalue weighted by Gasteiger charge is -2.45. The molecule has 21 heteroatoms. The first-order valence-corrected chi connectivity index (χ1v) is 13.5. The van der Waals surface area contributed by atoms with E-state index in [0.717, 1.165) is 0 Å². The summed E-state index contributed by atoms with van der Waals surface area (Å²) in [6.07, 6.45) is -8.54. The first-order chi connectivity index (χ1) is 18.2. The largest absolute Gasteiger partial charge is 0.582 e. The molecule has 0 radical (unpaired) electrons. The molecule has 0 aliphatic heterocycles. The van der Waals surface area contributed by atoms with Crippen LogP contribution in [0.4, 0.5) is 74.6 Å². The summed E-state index contributed by atoms with van der Waals surface area (Å²) in [5.41, 5.74) is -6.87. The summed E-state index contributed by atoms with van der Waals surface area (Å²) < 4.78 is 248. The van der Waals surface area contributed by atoms with Crippen molar-refractivity contribution < 1.29 is 87.9 Å². The Morgan fingerprint density at radius 1 is 0.390 bits per heavy atom. The molecule has 0 aromatic rings. The molecule has 0 amide bonds. The average Bonchev–Trinajstić information content (AvgIpc) is 2.82. The fourth-order valence-corrected chi connectivity index (χ4v) is 5.38. The molecule has 0 saturated heterocycles. The monoisotopic (exact) mass is 666 g/mol. The molecule has 0 aliphatic rings. The molecule has 0 spiro atoms. The predicted molar refractivity (Wildman–Crippen MR) is 109 cm³/mol. The minimum absolute atomic E-state index is 0.0549. The molecule has 248 valence electrons. The van der Waals surface area contributed by atoms with Gasteiger partial charge in [-0.05, 0) is 19.3 Å². The van der Waals surface area contributed by atoms with E-state index >= 15 is 8.78 Å². The molecule has 0 unspecified atom stereocenters. The number of halogens is 17. The van der Waals surface area contributed by atoms with Crippen LogP contribution in [0.3, 0.4) is 0 Å². The molecule has 3 nitrogen and oxygen atoms in total. The molecular weight excluding hydrogens is 639 g/mol. The van der Waals surface area contributed by atoms with Gasteiger partial charge in [-0.25, -0.2) is 0 Å². The van der Waals surface area contributed by atoms with E-state index in [0.29, 0.717) is 0 Å². The van der Waals surface area contributed by atoms with Crippen LogP contribution in [0.15, 0.2) is 0 Å². The van der Waals surface area contributed by atoms with Gasteiger partial charge in [0.15, 0.2) is 0 Å². The van der Waals surface area contributed by atoms with Gasteiger partial charge in [0.2, 0.25) is 0 Å². The number of rotatable bonds is 19. The molecule has 41 heavy (non-hydrogen) atoms. The number of unbranched alkanes of at least 4 members (excludes halogenated alkanes) is 3. The lowest BCUT2D eigenvalue weighted by Crippen LogP contribution is -2.78. The summed E-state index contributed by atoms with van der Waals surface area (Å²) in [5, 5.41) is 0. The Bertz CT molecular complexity index is 775. The second kappa shape index (κ2) is 13.3. The van der Waals surface area contributed by atoms with Gasteiger partial charge in [-0.1, -0.05) is 40.0 Å². The summed E-state index contributed by atoms with van der Waals surface area (Å²) in [4.78, 5) is 0. The Morgan fingerprint density at radius 2 is 0.634 bits per heavy atom. The topological polar surface area (TPSA) is 27.7 Å². The Kier molecular flexibility index (Phi) is 12.9. The molecule has 0 atom stereocenters. The van der Waals surface area contributed by atoms with Crippen LogP contribution in [-0.4, -0.2) is 75.9 Å². The van der Waals surface area contributed by atoms with E-state index in [9.17, 15) is 65.9 Å².